The van der Waals surface area contributed by atoms with Gasteiger partial charge < -0.3 is 5.11 Å². The molecule has 0 radical (unpaired) electrons. The Morgan fingerprint density at radius 1 is 1.22 bits per heavy atom. The lowest BCUT2D eigenvalue weighted by molar-refractivity contribution is 0.0765. The molecule has 1 saturated heterocycles. The zero-order valence-corrected chi connectivity index (χ0v) is 16.7. The third-order valence-corrected chi connectivity index (χ3v) is 7.52. The summed E-state index contributed by atoms with van der Waals surface area (Å²) in [5.74, 6) is -0.483. The normalized spacial score (nSPS) is 17.8. The van der Waals surface area contributed by atoms with Crippen LogP contribution >= 0.6 is 11.6 Å². The predicted molar refractivity (Wildman–Crippen MR) is 104 cm³/mol. The Balaban J connectivity index is 1.67. The van der Waals surface area contributed by atoms with Gasteiger partial charge in [-0.25, -0.2) is 12.8 Å². The van der Waals surface area contributed by atoms with Crippen molar-refractivity contribution in [3.63, 3.8) is 0 Å². The van der Waals surface area contributed by atoms with Crippen LogP contribution in [0.4, 0.5) is 4.39 Å². The molecule has 1 unspecified atom stereocenters. The monoisotopic (exact) mass is 411 g/mol. The highest BCUT2D eigenvalue weighted by molar-refractivity contribution is 7.89. The standard InChI is InChI=1S/C20H23ClFNO3S/c1-14-11-20(17(21)13-18(14)22)27(25,26)23-9-7-16(8-10-23)19(24)12-15-5-3-2-4-6-15/h2-6,11,13,16,19,24H,7-10,12H2,1H3. The van der Waals surface area contributed by atoms with Gasteiger partial charge >= 0.3 is 0 Å². The average Bonchev–Trinajstić information content (AvgIpc) is 2.65. The number of rotatable bonds is 5. The maximum absolute atomic E-state index is 13.6. The number of hydrogen-bond acceptors (Lipinski definition) is 3. The van der Waals surface area contributed by atoms with Crippen LogP contribution in [0.15, 0.2) is 47.4 Å². The second-order valence-electron chi connectivity index (χ2n) is 7.03. The van der Waals surface area contributed by atoms with E-state index in [0.29, 0.717) is 32.4 Å². The summed E-state index contributed by atoms with van der Waals surface area (Å²) in [6, 6.07) is 12.1. The average molecular weight is 412 g/mol. The molecule has 0 saturated carbocycles. The van der Waals surface area contributed by atoms with Crippen molar-refractivity contribution in [1.82, 2.24) is 4.31 Å². The van der Waals surface area contributed by atoms with Gasteiger partial charge in [0.1, 0.15) is 10.7 Å². The van der Waals surface area contributed by atoms with Crippen molar-refractivity contribution >= 4 is 21.6 Å². The molecule has 1 N–H and O–H groups in total. The number of benzene rings is 2. The molecule has 1 fully saturated rings. The number of sulfonamides is 1. The van der Waals surface area contributed by atoms with Gasteiger partial charge in [0, 0.05) is 13.1 Å². The maximum atomic E-state index is 13.6. The second kappa shape index (κ2) is 8.27. The first-order valence-electron chi connectivity index (χ1n) is 8.97. The van der Waals surface area contributed by atoms with Crippen molar-refractivity contribution in [2.75, 3.05) is 13.1 Å². The Morgan fingerprint density at radius 3 is 2.48 bits per heavy atom. The van der Waals surface area contributed by atoms with Crippen LogP contribution < -0.4 is 0 Å². The summed E-state index contributed by atoms with van der Waals surface area (Å²) in [5.41, 5.74) is 1.31. The van der Waals surface area contributed by atoms with E-state index in [1.165, 1.54) is 17.3 Å². The van der Waals surface area contributed by atoms with Crippen molar-refractivity contribution < 1.29 is 17.9 Å². The van der Waals surface area contributed by atoms with Crippen molar-refractivity contribution in [3.8, 4) is 0 Å². The fourth-order valence-electron chi connectivity index (χ4n) is 3.49. The molecular formula is C20H23ClFNO3S. The molecule has 27 heavy (non-hydrogen) atoms. The highest BCUT2D eigenvalue weighted by Gasteiger charge is 2.33. The molecule has 7 heteroatoms. The molecule has 0 spiro atoms. The molecule has 0 bridgehead atoms. The molecule has 146 valence electrons. The summed E-state index contributed by atoms with van der Waals surface area (Å²) < 4.78 is 40.8. The number of piperidine rings is 1. The van der Waals surface area contributed by atoms with Crippen molar-refractivity contribution in [2.24, 2.45) is 5.92 Å². The molecule has 1 heterocycles. The van der Waals surface area contributed by atoms with Crippen LogP contribution in [0.1, 0.15) is 24.0 Å². The molecule has 1 atom stereocenters. The molecule has 3 rings (SSSR count). The summed E-state index contributed by atoms with van der Waals surface area (Å²) in [7, 11) is -3.79. The topological polar surface area (TPSA) is 57.6 Å². The van der Waals surface area contributed by atoms with Crippen LogP contribution in [0.3, 0.4) is 0 Å². The first-order chi connectivity index (χ1) is 12.8. The molecule has 1 aliphatic rings. The molecular weight excluding hydrogens is 389 g/mol. The van der Waals surface area contributed by atoms with E-state index in [9.17, 15) is 17.9 Å². The molecule has 4 nitrogen and oxygen atoms in total. The number of aliphatic hydroxyl groups is 1. The summed E-state index contributed by atoms with van der Waals surface area (Å²) in [5, 5.41) is 10.4. The summed E-state index contributed by atoms with van der Waals surface area (Å²) in [4.78, 5) is -0.0636. The quantitative estimate of drug-likeness (QED) is 0.814. The van der Waals surface area contributed by atoms with Gasteiger partial charge in [-0.1, -0.05) is 41.9 Å². The van der Waals surface area contributed by atoms with Crippen LogP contribution in [0.25, 0.3) is 0 Å². The molecule has 2 aromatic rings. The van der Waals surface area contributed by atoms with E-state index in [-0.39, 0.29) is 21.4 Å². The maximum Gasteiger partial charge on any atom is 0.244 e. The largest absolute Gasteiger partial charge is 0.392 e. The van der Waals surface area contributed by atoms with Crippen molar-refractivity contribution in [2.45, 2.75) is 37.2 Å². The van der Waals surface area contributed by atoms with E-state index in [1.54, 1.807) is 0 Å². The van der Waals surface area contributed by atoms with Gasteiger partial charge in [-0.3, -0.25) is 0 Å². The highest BCUT2D eigenvalue weighted by atomic mass is 35.5. The minimum absolute atomic E-state index is 0.0436. The lowest BCUT2D eigenvalue weighted by Gasteiger charge is -2.33. The second-order valence-corrected chi connectivity index (χ2v) is 9.34. The number of aryl methyl sites for hydroxylation is 1. The van der Waals surface area contributed by atoms with E-state index in [1.807, 2.05) is 30.3 Å². The SMILES string of the molecule is Cc1cc(S(=O)(=O)N2CCC(C(O)Cc3ccccc3)CC2)c(Cl)cc1F. The van der Waals surface area contributed by atoms with E-state index in [0.717, 1.165) is 11.6 Å². The third kappa shape index (κ3) is 4.51. The van der Waals surface area contributed by atoms with Gasteiger partial charge in [-0.05, 0) is 55.4 Å². The van der Waals surface area contributed by atoms with Crippen LogP contribution in [0.2, 0.25) is 5.02 Å². The summed E-state index contributed by atoms with van der Waals surface area (Å²) >= 11 is 5.99. The van der Waals surface area contributed by atoms with Crippen molar-refractivity contribution in [1.29, 1.82) is 0 Å². The molecule has 2 aromatic carbocycles. The van der Waals surface area contributed by atoms with Crippen LogP contribution in [-0.4, -0.2) is 37.0 Å². The summed E-state index contributed by atoms with van der Waals surface area (Å²) in [6.07, 6.45) is 1.20. The Morgan fingerprint density at radius 2 is 1.85 bits per heavy atom. The molecule has 0 aliphatic carbocycles. The Kier molecular flexibility index (Phi) is 6.21. The smallest absolute Gasteiger partial charge is 0.244 e. The fraction of sp³-hybridized carbons (Fsp3) is 0.400. The Bertz CT molecular complexity index is 897. The van der Waals surface area contributed by atoms with Crippen LogP contribution in [0, 0.1) is 18.7 Å². The number of aliphatic hydroxyl groups excluding tert-OH is 1. The van der Waals surface area contributed by atoms with E-state index in [4.69, 9.17) is 11.6 Å². The van der Waals surface area contributed by atoms with E-state index < -0.39 is 21.9 Å². The Labute approximate surface area is 164 Å². The lowest BCUT2D eigenvalue weighted by atomic mass is 9.89. The van der Waals surface area contributed by atoms with E-state index >= 15 is 0 Å². The van der Waals surface area contributed by atoms with Gasteiger partial charge in [-0.15, -0.1) is 0 Å². The minimum Gasteiger partial charge on any atom is -0.392 e. The molecule has 1 aliphatic heterocycles. The van der Waals surface area contributed by atoms with Gasteiger partial charge in [0.2, 0.25) is 10.0 Å². The predicted octanol–water partition coefficient (Wildman–Crippen LogP) is 3.79. The Hall–Kier alpha value is -1.47. The minimum atomic E-state index is -3.79. The highest BCUT2D eigenvalue weighted by Crippen LogP contribution is 2.31. The van der Waals surface area contributed by atoms with E-state index in [2.05, 4.69) is 0 Å². The fourth-order valence-corrected chi connectivity index (χ4v) is 5.53. The first kappa shape index (κ1) is 20.3. The van der Waals surface area contributed by atoms with Crippen molar-refractivity contribution in [3.05, 3.63) is 64.4 Å². The number of hydrogen-bond donors (Lipinski definition) is 1. The first-order valence-corrected chi connectivity index (χ1v) is 10.8. The lowest BCUT2D eigenvalue weighted by Crippen LogP contribution is -2.41. The zero-order valence-electron chi connectivity index (χ0n) is 15.1. The zero-order chi connectivity index (χ0) is 19.6. The molecule has 0 aromatic heterocycles. The van der Waals surface area contributed by atoms with Crippen LogP contribution in [0.5, 0.6) is 0 Å². The molecule has 0 amide bonds. The summed E-state index contributed by atoms with van der Waals surface area (Å²) in [6.45, 7) is 2.13. The third-order valence-electron chi connectivity index (χ3n) is 5.16. The van der Waals surface area contributed by atoms with Gasteiger partial charge in [0.05, 0.1) is 11.1 Å². The van der Waals surface area contributed by atoms with Gasteiger partial charge in [0.15, 0.2) is 0 Å². The van der Waals surface area contributed by atoms with Gasteiger partial charge in [-0.2, -0.15) is 4.31 Å². The van der Waals surface area contributed by atoms with Gasteiger partial charge in [0.25, 0.3) is 0 Å². The number of halogens is 2. The van der Waals surface area contributed by atoms with Crippen LogP contribution in [-0.2, 0) is 16.4 Å². The number of nitrogens with zero attached hydrogens (tertiary/aromatic N) is 1.